The molecule has 0 amide bonds. The van der Waals surface area contributed by atoms with Gasteiger partial charge in [0.25, 0.3) is 0 Å². The largest absolute Gasteiger partial charge is 0.305 e. The highest BCUT2D eigenvalue weighted by Crippen LogP contribution is 2.44. The second-order valence-electron chi connectivity index (χ2n) is 4.76. The van der Waals surface area contributed by atoms with Crippen LogP contribution in [0.4, 0.5) is 0 Å². The molecule has 102 valence electrons. The normalized spacial score (nSPS) is 13.1. The van der Waals surface area contributed by atoms with Gasteiger partial charge >= 0.3 is 0 Å². The minimum absolute atomic E-state index is 0.660. The zero-order valence-electron chi connectivity index (χ0n) is 11.8. The highest BCUT2D eigenvalue weighted by atomic mass is 31.2. The third kappa shape index (κ3) is 3.86. The van der Waals surface area contributed by atoms with E-state index in [-0.39, 0.29) is 0 Å². The summed E-state index contributed by atoms with van der Waals surface area (Å²) in [4.78, 5) is 0. The predicted molar refractivity (Wildman–Crippen MR) is 86.8 cm³/mol. The molecule has 1 nitrogen and oxygen atoms in total. The molecule has 0 bridgehead atoms. The highest BCUT2D eigenvalue weighted by Gasteiger charge is 2.20. The summed E-state index contributed by atoms with van der Waals surface area (Å²) in [7, 11) is -2.61. The second-order valence-corrected chi connectivity index (χ2v) is 7.42. The maximum Gasteiger partial charge on any atom is 0.183 e. The molecule has 20 heavy (non-hydrogen) atoms. The SMILES string of the molecule is CCCCP(=O)(C#Cc1ccccc1)c1ccccc1. The van der Waals surface area contributed by atoms with Crippen LogP contribution in [-0.4, -0.2) is 6.16 Å². The quantitative estimate of drug-likeness (QED) is 0.596. The van der Waals surface area contributed by atoms with Crippen molar-refractivity contribution in [1.29, 1.82) is 0 Å². The molecular formula is C18H19OP. The average molecular weight is 282 g/mol. The van der Waals surface area contributed by atoms with E-state index in [0.717, 1.165) is 23.7 Å². The lowest BCUT2D eigenvalue weighted by Gasteiger charge is -2.11. The first-order valence-corrected chi connectivity index (χ1v) is 8.87. The number of hydrogen-bond acceptors (Lipinski definition) is 1. The van der Waals surface area contributed by atoms with E-state index >= 15 is 0 Å². The van der Waals surface area contributed by atoms with E-state index < -0.39 is 7.14 Å². The Labute approximate surface area is 121 Å². The van der Waals surface area contributed by atoms with E-state index in [9.17, 15) is 4.57 Å². The van der Waals surface area contributed by atoms with Crippen molar-refractivity contribution < 1.29 is 4.57 Å². The summed E-state index contributed by atoms with van der Waals surface area (Å²) < 4.78 is 13.2. The lowest BCUT2D eigenvalue weighted by atomic mass is 10.2. The van der Waals surface area contributed by atoms with Crippen molar-refractivity contribution in [2.24, 2.45) is 0 Å². The van der Waals surface area contributed by atoms with Crippen molar-refractivity contribution in [2.45, 2.75) is 19.8 Å². The van der Waals surface area contributed by atoms with E-state index in [4.69, 9.17) is 0 Å². The molecule has 0 aliphatic heterocycles. The standard InChI is InChI=1S/C18H19OP/c1-2-3-15-20(19,18-12-8-5-9-13-18)16-14-17-10-6-4-7-11-17/h4-13H,2-3,15H2,1H3. The monoisotopic (exact) mass is 282 g/mol. The van der Waals surface area contributed by atoms with Crippen molar-refractivity contribution in [1.82, 2.24) is 0 Å². The first-order valence-electron chi connectivity index (χ1n) is 6.97. The van der Waals surface area contributed by atoms with Gasteiger partial charge in [-0.25, -0.2) is 0 Å². The van der Waals surface area contributed by atoms with Gasteiger partial charge in [-0.15, -0.1) is 0 Å². The fourth-order valence-electron chi connectivity index (χ4n) is 1.98. The molecule has 1 unspecified atom stereocenters. The van der Waals surface area contributed by atoms with Gasteiger partial charge in [-0.3, -0.25) is 0 Å². The molecule has 0 saturated carbocycles. The van der Waals surface area contributed by atoms with Gasteiger partial charge in [0.05, 0.1) is 0 Å². The van der Waals surface area contributed by atoms with E-state index in [0.29, 0.717) is 6.16 Å². The van der Waals surface area contributed by atoms with Crippen LogP contribution in [0, 0.1) is 11.6 Å². The first-order chi connectivity index (χ1) is 9.74. The summed E-state index contributed by atoms with van der Waals surface area (Å²) in [6.07, 6.45) is 2.63. The van der Waals surface area contributed by atoms with E-state index in [1.807, 2.05) is 60.7 Å². The molecule has 0 aromatic heterocycles. The summed E-state index contributed by atoms with van der Waals surface area (Å²) in [6, 6.07) is 19.4. The van der Waals surface area contributed by atoms with Crippen molar-refractivity contribution in [3.63, 3.8) is 0 Å². The minimum atomic E-state index is -2.61. The smallest absolute Gasteiger partial charge is 0.183 e. The summed E-state index contributed by atoms with van der Waals surface area (Å²) in [5.74, 6) is 3.08. The van der Waals surface area contributed by atoms with Crippen LogP contribution in [0.1, 0.15) is 25.3 Å². The molecule has 0 saturated heterocycles. The third-order valence-electron chi connectivity index (χ3n) is 3.15. The van der Waals surface area contributed by atoms with Crippen molar-refractivity contribution in [2.75, 3.05) is 6.16 Å². The van der Waals surface area contributed by atoms with Crippen molar-refractivity contribution >= 4 is 12.4 Å². The molecule has 0 fully saturated rings. The summed E-state index contributed by atoms with van der Waals surface area (Å²) in [5.41, 5.74) is 3.99. The van der Waals surface area contributed by atoms with Gasteiger partial charge in [-0.2, -0.15) is 0 Å². The maximum atomic E-state index is 13.2. The Morgan fingerprint density at radius 2 is 1.55 bits per heavy atom. The second kappa shape index (κ2) is 7.13. The number of rotatable bonds is 4. The third-order valence-corrected chi connectivity index (χ3v) is 5.71. The molecule has 0 spiro atoms. The molecule has 1 atom stereocenters. The van der Waals surface area contributed by atoms with E-state index in [1.165, 1.54) is 0 Å². The molecule has 2 aromatic carbocycles. The van der Waals surface area contributed by atoms with E-state index in [1.54, 1.807) is 0 Å². The fraction of sp³-hybridized carbons (Fsp3) is 0.222. The maximum absolute atomic E-state index is 13.2. The Kier molecular flexibility index (Phi) is 5.22. The number of hydrogen-bond donors (Lipinski definition) is 0. The Morgan fingerprint density at radius 1 is 0.950 bits per heavy atom. The van der Waals surface area contributed by atoms with E-state index in [2.05, 4.69) is 18.5 Å². The molecule has 0 radical (unpaired) electrons. The Morgan fingerprint density at radius 3 is 2.15 bits per heavy atom. The topological polar surface area (TPSA) is 17.1 Å². The molecule has 0 N–H and O–H groups in total. The van der Waals surface area contributed by atoms with Gasteiger partial charge in [0.1, 0.15) is 0 Å². The number of unbranched alkanes of at least 4 members (excludes halogenated alkanes) is 1. The molecule has 2 heteroatoms. The lowest BCUT2D eigenvalue weighted by molar-refractivity contribution is 0.585. The van der Waals surface area contributed by atoms with Gasteiger partial charge in [-0.1, -0.05) is 67.8 Å². The first kappa shape index (κ1) is 14.6. The van der Waals surface area contributed by atoms with Crippen LogP contribution in [0.5, 0.6) is 0 Å². The molecule has 0 aliphatic carbocycles. The van der Waals surface area contributed by atoms with Crippen LogP contribution in [0.15, 0.2) is 60.7 Å². The average Bonchev–Trinajstić information content (AvgIpc) is 2.53. The summed E-state index contributed by atoms with van der Waals surface area (Å²) in [6.45, 7) is 2.11. The lowest BCUT2D eigenvalue weighted by Crippen LogP contribution is -2.05. The van der Waals surface area contributed by atoms with Gasteiger partial charge in [-0.05, 0) is 24.2 Å². The summed E-state index contributed by atoms with van der Waals surface area (Å²) >= 11 is 0. The van der Waals surface area contributed by atoms with Gasteiger partial charge in [0.15, 0.2) is 7.14 Å². The molecule has 2 aromatic rings. The molecule has 0 heterocycles. The van der Waals surface area contributed by atoms with Crippen LogP contribution in [0.2, 0.25) is 0 Å². The highest BCUT2D eigenvalue weighted by molar-refractivity contribution is 7.76. The predicted octanol–water partition coefficient (Wildman–Crippen LogP) is 4.48. The Hall–Kier alpha value is -1.77. The summed E-state index contributed by atoms with van der Waals surface area (Å²) in [5, 5.41) is 0.872. The van der Waals surface area contributed by atoms with Crippen LogP contribution in [0.3, 0.4) is 0 Å². The molecule has 0 aliphatic rings. The van der Waals surface area contributed by atoms with Gasteiger partial charge in [0.2, 0.25) is 0 Å². The molecule has 2 rings (SSSR count). The number of benzene rings is 2. The zero-order chi connectivity index (χ0) is 14.3. The van der Waals surface area contributed by atoms with Crippen LogP contribution >= 0.6 is 7.14 Å². The zero-order valence-corrected chi connectivity index (χ0v) is 12.6. The Balaban J connectivity index is 2.34. The van der Waals surface area contributed by atoms with Crippen molar-refractivity contribution in [3.8, 4) is 11.6 Å². The fourth-order valence-corrected chi connectivity index (χ4v) is 4.20. The Bertz CT molecular complexity index is 635. The molecular weight excluding hydrogens is 263 g/mol. The van der Waals surface area contributed by atoms with Crippen LogP contribution in [-0.2, 0) is 4.57 Å². The van der Waals surface area contributed by atoms with Crippen molar-refractivity contribution in [3.05, 3.63) is 66.2 Å². The minimum Gasteiger partial charge on any atom is -0.305 e. The van der Waals surface area contributed by atoms with Crippen LogP contribution < -0.4 is 5.30 Å². The van der Waals surface area contributed by atoms with Crippen LogP contribution in [0.25, 0.3) is 0 Å². The van der Waals surface area contributed by atoms with Gasteiger partial charge in [0, 0.05) is 17.0 Å². The van der Waals surface area contributed by atoms with Gasteiger partial charge < -0.3 is 4.57 Å².